The Morgan fingerprint density at radius 3 is 2.18 bits per heavy atom. The number of rotatable bonds is 10. The van der Waals surface area contributed by atoms with E-state index in [-0.39, 0.29) is 30.9 Å². The van der Waals surface area contributed by atoms with Gasteiger partial charge in [0.15, 0.2) is 0 Å². The van der Waals surface area contributed by atoms with Crippen molar-refractivity contribution < 1.29 is 34.4 Å². The minimum absolute atomic E-state index is 0.0367. The van der Waals surface area contributed by atoms with Gasteiger partial charge in [-0.1, -0.05) is 0 Å². The fraction of sp³-hybridized carbons (Fsp3) is 0.467. The number of aliphatic hydroxyl groups is 2. The molecule has 0 bridgehead atoms. The number of carboxylic acid groups (broad SMARTS) is 1. The highest BCUT2D eigenvalue weighted by Crippen LogP contribution is 2.12. The molecule has 1 atom stereocenters. The number of unbranched alkanes of at least 4 members (excludes halogenated alkanes) is 1. The molecule has 122 valence electrons. The van der Waals surface area contributed by atoms with Crippen LogP contribution in [0.15, 0.2) is 24.3 Å². The second-order valence-electron chi connectivity index (χ2n) is 4.53. The number of benzene rings is 1. The maximum atomic E-state index is 12.0. The van der Waals surface area contributed by atoms with Crippen LogP contribution in [0.5, 0.6) is 0 Å². The smallest absolute Gasteiger partial charge is 0.340 e. The highest BCUT2D eigenvalue weighted by molar-refractivity contribution is 5.92. The van der Waals surface area contributed by atoms with E-state index in [1.807, 2.05) is 0 Å². The number of esters is 1. The van der Waals surface area contributed by atoms with Gasteiger partial charge in [-0.3, -0.25) is 0 Å². The normalized spacial score (nSPS) is 11.9. The summed E-state index contributed by atoms with van der Waals surface area (Å²) >= 11 is 0. The number of ether oxygens (including phenoxy) is 2. The van der Waals surface area contributed by atoms with Crippen LogP contribution in [-0.2, 0) is 9.47 Å². The van der Waals surface area contributed by atoms with Crippen LogP contribution < -0.4 is 0 Å². The summed E-state index contributed by atoms with van der Waals surface area (Å²) in [5, 5.41) is 26.3. The van der Waals surface area contributed by atoms with Gasteiger partial charge in [-0.2, -0.15) is 0 Å². The topological polar surface area (TPSA) is 113 Å². The third-order valence-corrected chi connectivity index (χ3v) is 2.85. The Balaban J connectivity index is 2.61. The Morgan fingerprint density at radius 1 is 1.00 bits per heavy atom. The van der Waals surface area contributed by atoms with E-state index in [0.29, 0.717) is 19.3 Å². The number of aromatic carboxylic acids is 1. The molecular weight excluding hydrogens is 292 g/mol. The lowest BCUT2D eigenvalue weighted by Crippen LogP contribution is -2.23. The molecule has 0 fully saturated rings. The van der Waals surface area contributed by atoms with Crippen LogP contribution in [0.25, 0.3) is 0 Å². The summed E-state index contributed by atoms with van der Waals surface area (Å²) in [6.07, 6.45) is 0.756. The molecule has 0 amide bonds. The number of carbonyl (C=O) groups excluding carboxylic acids is 1. The lowest BCUT2D eigenvalue weighted by atomic mass is 10.1. The minimum Gasteiger partial charge on any atom is -0.478 e. The van der Waals surface area contributed by atoms with Crippen LogP contribution in [0.3, 0.4) is 0 Å². The third kappa shape index (κ3) is 6.21. The Bertz CT molecular complexity index is 469. The van der Waals surface area contributed by atoms with E-state index in [1.54, 1.807) is 0 Å². The van der Waals surface area contributed by atoms with Gasteiger partial charge in [-0.05, 0) is 37.1 Å². The van der Waals surface area contributed by atoms with E-state index in [2.05, 4.69) is 0 Å². The molecule has 1 aromatic carbocycles. The summed E-state index contributed by atoms with van der Waals surface area (Å²) in [7, 11) is 0. The molecule has 22 heavy (non-hydrogen) atoms. The van der Waals surface area contributed by atoms with Crippen molar-refractivity contribution in [2.24, 2.45) is 0 Å². The molecule has 0 aliphatic carbocycles. The average molecular weight is 312 g/mol. The Labute approximate surface area is 128 Å². The molecule has 0 saturated carbocycles. The van der Waals surface area contributed by atoms with Gasteiger partial charge < -0.3 is 24.8 Å². The van der Waals surface area contributed by atoms with E-state index in [1.165, 1.54) is 24.3 Å². The standard InChI is InChI=1S/C15H20O7/c16-8-2-1-3-13(21-10-9-17)22-15(20)12-6-4-11(5-7-12)14(18)19/h4-7,13,16-17H,1-3,8-10H2,(H,18,19). The summed E-state index contributed by atoms with van der Waals surface area (Å²) in [5.41, 5.74) is 0.289. The van der Waals surface area contributed by atoms with Crippen molar-refractivity contribution in [3.63, 3.8) is 0 Å². The molecule has 0 aliphatic heterocycles. The monoisotopic (exact) mass is 312 g/mol. The van der Waals surface area contributed by atoms with Gasteiger partial charge >= 0.3 is 11.9 Å². The lowest BCUT2D eigenvalue weighted by Gasteiger charge is -2.18. The van der Waals surface area contributed by atoms with E-state index < -0.39 is 18.2 Å². The first kappa shape index (κ1) is 18.1. The van der Waals surface area contributed by atoms with Crippen molar-refractivity contribution in [3.05, 3.63) is 35.4 Å². The van der Waals surface area contributed by atoms with Crippen molar-refractivity contribution in [1.29, 1.82) is 0 Å². The number of hydrogen-bond acceptors (Lipinski definition) is 6. The molecule has 0 spiro atoms. The second-order valence-corrected chi connectivity index (χ2v) is 4.53. The fourth-order valence-corrected chi connectivity index (χ4v) is 1.72. The first-order valence-corrected chi connectivity index (χ1v) is 6.96. The zero-order valence-corrected chi connectivity index (χ0v) is 12.1. The van der Waals surface area contributed by atoms with Gasteiger partial charge in [0, 0.05) is 13.0 Å². The van der Waals surface area contributed by atoms with Crippen LogP contribution in [0, 0.1) is 0 Å². The average Bonchev–Trinajstić information content (AvgIpc) is 2.52. The number of aliphatic hydroxyl groups excluding tert-OH is 2. The molecule has 1 unspecified atom stereocenters. The SMILES string of the molecule is O=C(O)c1ccc(C(=O)OC(CCCCO)OCCO)cc1. The third-order valence-electron chi connectivity index (χ3n) is 2.85. The van der Waals surface area contributed by atoms with E-state index in [0.717, 1.165) is 0 Å². The fourth-order valence-electron chi connectivity index (χ4n) is 1.72. The zero-order chi connectivity index (χ0) is 16.4. The zero-order valence-electron chi connectivity index (χ0n) is 12.1. The molecule has 7 heteroatoms. The van der Waals surface area contributed by atoms with E-state index in [9.17, 15) is 9.59 Å². The summed E-state index contributed by atoms with van der Waals surface area (Å²) in [5.74, 6) is -1.71. The van der Waals surface area contributed by atoms with Crippen molar-refractivity contribution in [2.45, 2.75) is 25.6 Å². The van der Waals surface area contributed by atoms with Crippen LogP contribution in [0.4, 0.5) is 0 Å². The summed E-state index contributed by atoms with van der Waals surface area (Å²) in [6.45, 7) is -0.117. The molecule has 7 nitrogen and oxygen atoms in total. The highest BCUT2D eigenvalue weighted by atomic mass is 16.7. The second kappa shape index (κ2) is 9.88. The summed E-state index contributed by atoms with van der Waals surface area (Å²) in [4.78, 5) is 22.7. The first-order valence-electron chi connectivity index (χ1n) is 6.96. The van der Waals surface area contributed by atoms with E-state index >= 15 is 0 Å². The molecule has 1 aromatic rings. The van der Waals surface area contributed by atoms with Gasteiger partial charge in [-0.25, -0.2) is 9.59 Å². The molecule has 0 aliphatic rings. The molecule has 0 heterocycles. The Hall–Kier alpha value is -1.96. The quantitative estimate of drug-likeness (QED) is 0.336. The maximum absolute atomic E-state index is 12.0. The summed E-state index contributed by atoms with van der Waals surface area (Å²) < 4.78 is 10.4. The van der Waals surface area contributed by atoms with Crippen molar-refractivity contribution in [3.8, 4) is 0 Å². The largest absolute Gasteiger partial charge is 0.478 e. The van der Waals surface area contributed by atoms with Crippen molar-refractivity contribution in [2.75, 3.05) is 19.8 Å². The Kier molecular flexibility index (Phi) is 8.13. The molecule has 0 aromatic heterocycles. The van der Waals surface area contributed by atoms with Gasteiger partial charge in [0.05, 0.1) is 24.3 Å². The van der Waals surface area contributed by atoms with Crippen molar-refractivity contribution in [1.82, 2.24) is 0 Å². The molecule has 0 saturated heterocycles. The first-order chi connectivity index (χ1) is 10.6. The van der Waals surface area contributed by atoms with Crippen LogP contribution in [0.1, 0.15) is 40.0 Å². The van der Waals surface area contributed by atoms with Crippen LogP contribution in [-0.4, -0.2) is 53.4 Å². The van der Waals surface area contributed by atoms with Gasteiger partial charge in [-0.15, -0.1) is 0 Å². The molecule has 3 N–H and O–H groups in total. The van der Waals surface area contributed by atoms with Crippen molar-refractivity contribution >= 4 is 11.9 Å². The minimum atomic E-state index is -1.08. The number of carboxylic acids is 1. The van der Waals surface area contributed by atoms with Crippen LogP contribution >= 0.6 is 0 Å². The predicted molar refractivity (Wildman–Crippen MR) is 76.6 cm³/mol. The van der Waals surface area contributed by atoms with Gasteiger partial charge in [0.2, 0.25) is 6.29 Å². The predicted octanol–water partition coefficient (Wildman–Crippen LogP) is 1.04. The number of carbonyl (C=O) groups is 2. The summed E-state index contributed by atoms with van der Waals surface area (Å²) in [6, 6.07) is 5.35. The molecule has 0 radical (unpaired) electrons. The molecular formula is C15H20O7. The molecule has 1 rings (SSSR count). The number of hydrogen-bond donors (Lipinski definition) is 3. The van der Waals surface area contributed by atoms with Crippen LogP contribution in [0.2, 0.25) is 0 Å². The van der Waals surface area contributed by atoms with Gasteiger partial charge in [0.1, 0.15) is 0 Å². The highest BCUT2D eigenvalue weighted by Gasteiger charge is 2.16. The van der Waals surface area contributed by atoms with E-state index in [4.69, 9.17) is 24.8 Å². The lowest BCUT2D eigenvalue weighted by molar-refractivity contribution is -0.120. The Morgan fingerprint density at radius 2 is 1.64 bits per heavy atom. The van der Waals surface area contributed by atoms with Gasteiger partial charge in [0.25, 0.3) is 0 Å². The maximum Gasteiger partial charge on any atom is 0.340 e.